The van der Waals surface area contributed by atoms with Gasteiger partial charge in [-0.2, -0.15) is 0 Å². The van der Waals surface area contributed by atoms with Crippen LogP contribution in [0.3, 0.4) is 0 Å². The van der Waals surface area contributed by atoms with Crippen LogP contribution in [0, 0.1) is 0 Å². The molecule has 0 radical (unpaired) electrons. The summed E-state index contributed by atoms with van der Waals surface area (Å²) in [7, 11) is 3.27. The van der Waals surface area contributed by atoms with Crippen LogP contribution in [-0.4, -0.2) is 36.6 Å². The Hall–Kier alpha value is -3.28. The molecule has 2 aromatic carbocycles. The van der Waals surface area contributed by atoms with E-state index >= 15 is 0 Å². The maximum atomic E-state index is 12.6. The zero-order valence-electron chi connectivity index (χ0n) is 15.6. The molecule has 0 fully saturated rings. The number of rotatable bonds is 6. The van der Waals surface area contributed by atoms with Gasteiger partial charge in [0.2, 0.25) is 0 Å². The lowest BCUT2D eigenvalue weighted by Gasteiger charge is -2.17. The summed E-state index contributed by atoms with van der Waals surface area (Å²) in [5.41, 5.74) is 1.57. The zero-order valence-corrected chi connectivity index (χ0v) is 15.6. The van der Waals surface area contributed by atoms with E-state index in [0.29, 0.717) is 23.5 Å². The molecule has 1 heterocycles. The van der Waals surface area contributed by atoms with Crippen molar-refractivity contribution in [2.75, 3.05) is 20.8 Å². The minimum Gasteiger partial charge on any atom is -0.497 e. The summed E-state index contributed by atoms with van der Waals surface area (Å²) in [6.45, 7) is 2.68. The standard InChI is InChI=1S/C21H22N2O4/c1-4-27-17-7-5-14(6-8-17)21(25)23(2)13-16-11-15-12-18(26-3)9-10-19(15)22-20(16)24/h5-12H,4,13H2,1-3H3,(H,22,24). The molecule has 3 rings (SSSR count). The average molecular weight is 366 g/mol. The Morgan fingerprint density at radius 3 is 2.44 bits per heavy atom. The fourth-order valence-electron chi connectivity index (χ4n) is 2.88. The van der Waals surface area contributed by atoms with Crippen molar-refractivity contribution in [1.82, 2.24) is 9.88 Å². The molecule has 0 saturated heterocycles. The highest BCUT2D eigenvalue weighted by Crippen LogP contribution is 2.19. The first-order chi connectivity index (χ1) is 13.0. The molecule has 0 aliphatic rings. The van der Waals surface area contributed by atoms with E-state index < -0.39 is 0 Å². The van der Waals surface area contributed by atoms with Gasteiger partial charge in [-0.25, -0.2) is 0 Å². The van der Waals surface area contributed by atoms with Gasteiger partial charge in [0.15, 0.2) is 0 Å². The van der Waals surface area contributed by atoms with E-state index in [1.54, 1.807) is 56.6 Å². The number of pyridine rings is 1. The van der Waals surface area contributed by atoms with Crippen LogP contribution in [0.4, 0.5) is 0 Å². The highest BCUT2D eigenvalue weighted by molar-refractivity contribution is 5.94. The van der Waals surface area contributed by atoms with Gasteiger partial charge in [-0.15, -0.1) is 0 Å². The van der Waals surface area contributed by atoms with Crippen LogP contribution in [0.25, 0.3) is 10.9 Å². The van der Waals surface area contributed by atoms with Gasteiger partial charge in [0.05, 0.1) is 20.3 Å². The minimum atomic E-state index is -0.209. The van der Waals surface area contributed by atoms with Gasteiger partial charge in [-0.1, -0.05) is 0 Å². The van der Waals surface area contributed by atoms with Crippen molar-refractivity contribution in [3.05, 3.63) is 70.0 Å². The second-order valence-corrected chi connectivity index (χ2v) is 6.20. The molecular weight excluding hydrogens is 344 g/mol. The van der Waals surface area contributed by atoms with Gasteiger partial charge in [-0.05, 0) is 55.5 Å². The molecule has 0 atom stereocenters. The summed E-state index contributed by atoms with van der Waals surface area (Å²) in [4.78, 5) is 29.4. The smallest absolute Gasteiger partial charge is 0.253 e. The third-order valence-corrected chi connectivity index (χ3v) is 4.29. The van der Waals surface area contributed by atoms with Gasteiger partial charge in [0.1, 0.15) is 11.5 Å². The summed E-state index contributed by atoms with van der Waals surface area (Å²) in [6.07, 6.45) is 0. The fraction of sp³-hybridized carbons (Fsp3) is 0.238. The Morgan fingerprint density at radius 1 is 1.07 bits per heavy atom. The first-order valence-electron chi connectivity index (χ1n) is 8.70. The van der Waals surface area contributed by atoms with E-state index in [1.165, 1.54) is 4.90 Å². The molecule has 0 spiro atoms. The molecule has 1 amide bonds. The topological polar surface area (TPSA) is 71.6 Å². The molecule has 27 heavy (non-hydrogen) atoms. The predicted molar refractivity (Wildman–Crippen MR) is 105 cm³/mol. The van der Waals surface area contributed by atoms with Gasteiger partial charge in [-0.3, -0.25) is 9.59 Å². The molecule has 0 bridgehead atoms. The molecule has 0 unspecified atom stereocenters. The molecular formula is C21H22N2O4. The van der Waals surface area contributed by atoms with E-state index in [4.69, 9.17) is 9.47 Å². The molecule has 0 aliphatic heterocycles. The third kappa shape index (κ3) is 4.11. The fourth-order valence-corrected chi connectivity index (χ4v) is 2.88. The van der Waals surface area contributed by atoms with Crippen LogP contribution < -0.4 is 15.0 Å². The van der Waals surface area contributed by atoms with Crippen molar-refractivity contribution < 1.29 is 14.3 Å². The maximum absolute atomic E-state index is 12.6. The lowest BCUT2D eigenvalue weighted by Crippen LogP contribution is -2.29. The van der Waals surface area contributed by atoms with Crippen LogP contribution in [0.2, 0.25) is 0 Å². The second kappa shape index (κ2) is 7.95. The van der Waals surface area contributed by atoms with Crippen molar-refractivity contribution in [1.29, 1.82) is 0 Å². The number of carbonyl (C=O) groups excluding carboxylic acids is 1. The number of aromatic nitrogens is 1. The number of nitrogens with zero attached hydrogens (tertiary/aromatic N) is 1. The molecule has 0 saturated carbocycles. The van der Waals surface area contributed by atoms with Crippen LogP contribution >= 0.6 is 0 Å². The van der Waals surface area contributed by atoms with Gasteiger partial charge >= 0.3 is 0 Å². The number of amides is 1. The predicted octanol–water partition coefficient (Wildman–Crippen LogP) is 3.21. The molecule has 6 heteroatoms. The van der Waals surface area contributed by atoms with Crippen LogP contribution in [0.5, 0.6) is 11.5 Å². The van der Waals surface area contributed by atoms with E-state index in [-0.39, 0.29) is 18.0 Å². The Balaban J connectivity index is 1.81. The Labute approximate surface area is 157 Å². The zero-order chi connectivity index (χ0) is 19.4. The third-order valence-electron chi connectivity index (χ3n) is 4.29. The number of nitrogens with one attached hydrogen (secondary N) is 1. The van der Waals surface area contributed by atoms with Crippen molar-refractivity contribution in [3.63, 3.8) is 0 Å². The van der Waals surface area contributed by atoms with Gasteiger partial charge in [0.25, 0.3) is 11.5 Å². The molecule has 1 N–H and O–H groups in total. The average Bonchev–Trinajstić information content (AvgIpc) is 2.68. The highest BCUT2D eigenvalue weighted by atomic mass is 16.5. The monoisotopic (exact) mass is 366 g/mol. The lowest BCUT2D eigenvalue weighted by molar-refractivity contribution is 0.0784. The van der Waals surface area contributed by atoms with E-state index in [9.17, 15) is 9.59 Å². The summed E-state index contributed by atoms with van der Waals surface area (Å²) in [5, 5.41) is 0.853. The molecule has 1 aromatic heterocycles. The molecule has 0 aliphatic carbocycles. The highest BCUT2D eigenvalue weighted by Gasteiger charge is 2.14. The SMILES string of the molecule is CCOc1ccc(C(=O)N(C)Cc2cc3cc(OC)ccc3[nH]c2=O)cc1. The normalized spacial score (nSPS) is 10.6. The Kier molecular flexibility index (Phi) is 5.45. The molecule has 6 nitrogen and oxygen atoms in total. The number of methoxy groups -OCH3 is 1. The number of H-pyrrole nitrogens is 1. The summed E-state index contributed by atoms with van der Waals surface area (Å²) < 4.78 is 10.6. The van der Waals surface area contributed by atoms with Crippen molar-refractivity contribution in [2.45, 2.75) is 13.5 Å². The van der Waals surface area contributed by atoms with E-state index in [1.807, 2.05) is 13.0 Å². The van der Waals surface area contributed by atoms with Gasteiger partial charge < -0.3 is 19.4 Å². The number of fused-ring (bicyclic) bond motifs is 1. The number of hydrogen-bond acceptors (Lipinski definition) is 4. The van der Waals surface area contributed by atoms with E-state index in [2.05, 4.69) is 4.98 Å². The second-order valence-electron chi connectivity index (χ2n) is 6.20. The van der Waals surface area contributed by atoms with Gasteiger partial charge in [0, 0.05) is 29.1 Å². The Bertz CT molecular complexity index is 1010. The first kappa shape index (κ1) is 18.5. The Morgan fingerprint density at radius 2 is 1.78 bits per heavy atom. The summed E-state index contributed by atoms with van der Waals surface area (Å²) in [5.74, 6) is 1.26. The van der Waals surface area contributed by atoms with Crippen molar-refractivity contribution in [3.8, 4) is 11.5 Å². The van der Waals surface area contributed by atoms with E-state index in [0.717, 1.165) is 16.7 Å². The number of hydrogen-bond donors (Lipinski definition) is 1. The van der Waals surface area contributed by atoms with Crippen molar-refractivity contribution in [2.24, 2.45) is 0 Å². The van der Waals surface area contributed by atoms with Crippen LogP contribution in [0.15, 0.2) is 53.3 Å². The number of benzene rings is 2. The first-order valence-corrected chi connectivity index (χ1v) is 8.70. The largest absolute Gasteiger partial charge is 0.497 e. The lowest BCUT2D eigenvalue weighted by atomic mass is 10.1. The number of carbonyl (C=O) groups is 1. The summed E-state index contributed by atoms with van der Waals surface area (Å²) in [6, 6.07) is 14.2. The maximum Gasteiger partial charge on any atom is 0.253 e. The molecule has 140 valence electrons. The van der Waals surface area contributed by atoms with Crippen LogP contribution in [-0.2, 0) is 6.54 Å². The number of ether oxygens (including phenoxy) is 2. The van der Waals surface area contributed by atoms with Crippen molar-refractivity contribution >= 4 is 16.8 Å². The quantitative estimate of drug-likeness (QED) is 0.727. The number of aromatic amines is 1. The molecule has 3 aromatic rings. The minimum absolute atomic E-state index is 0.164. The summed E-state index contributed by atoms with van der Waals surface area (Å²) >= 11 is 0. The van der Waals surface area contributed by atoms with Crippen LogP contribution in [0.1, 0.15) is 22.8 Å².